The van der Waals surface area contributed by atoms with Gasteiger partial charge in [-0.2, -0.15) is 0 Å². The Labute approximate surface area is 139 Å². The largest absolute Gasteiger partial charge is 0.378 e. The second-order valence-corrected chi connectivity index (χ2v) is 9.45. The third-order valence-corrected chi connectivity index (χ3v) is 6.97. The van der Waals surface area contributed by atoms with Gasteiger partial charge in [0, 0.05) is 57.9 Å². The predicted molar refractivity (Wildman–Crippen MR) is 94.1 cm³/mol. The molecular formula is C17H27N3O2S. The van der Waals surface area contributed by atoms with E-state index >= 15 is 0 Å². The minimum absolute atomic E-state index is 0.200. The molecule has 0 amide bonds. The lowest BCUT2D eigenvalue weighted by Crippen LogP contribution is -2.57. The molecule has 0 N–H and O–H groups in total. The van der Waals surface area contributed by atoms with Crippen LogP contribution in [0.5, 0.6) is 0 Å². The van der Waals surface area contributed by atoms with Gasteiger partial charge in [0.1, 0.15) is 0 Å². The van der Waals surface area contributed by atoms with E-state index in [1.807, 2.05) is 14.1 Å². The molecule has 2 heterocycles. The minimum Gasteiger partial charge on any atom is -0.378 e. The van der Waals surface area contributed by atoms with E-state index < -0.39 is 10.0 Å². The van der Waals surface area contributed by atoms with E-state index in [-0.39, 0.29) is 11.2 Å². The number of nitrogens with zero attached hydrogens (tertiary/aromatic N) is 3. The molecule has 0 aliphatic carbocycles. The van der Waals surface area contributed by atoms with Crippen molar-refractivity contribution in [1.82, 2.24) is 9.21 Å². The maximum Gasteiger partial charge on any atom is 0.213 e. The quantitative estimate of drug-likeness (QED) is 0.819. The lowest BCUT2D eigenvalue weighted by Gasteiger charge is -2.48. The number of sulfonamides is 1. The molecule has 5 nitrogen and oxygen atoms in total. The van der Waals surface area contributed by atoms with E-state index in [9.17, 15) is 8.42 Å². The van der Waals surface area contributed by atoms with Crippen LogP contribution in [0.3, 0.4) is 0 Å². The van der Waals surface area contributed by atoms with Gasteiger partial charge in [-0.25, -0.2) is 12.7 Å². The Kier molecular flexibility index (Phi) is 4.42. The number of rotatable bonds is 5. The summed E-state index contributed by atoms with van der Waals surface area (Å²) >= 11 is 0. The number of likely N-dealkylation sites (tertiary alicyclic amines) is 1. The summed E-state index contributed by atoms with van der Waals surface area (Å²) in [7, 11) is 1.07. The first kappa shape index (κ1) is 16.7. The van der Waals surface area contributed by atoms with Gasteiger partial charge in [-0.05, 0) is 31.0 Å². The fourth-order valence-electron chi connectivity index (χ4n) is 3.74. The van der Waals surface area contributed by atoms with Crippen molar-refractivity contribution in [3.05, 3.63) is 29.8 Å². The average Bonchev–Trinajstić information content (AvgIpc) is 2.93. The SMILES string of the molecule is CCS(=O)(=O)N1CCC2(CN(Cc3ccc(N(C)C)cc3)C2)C1. The highest BCUT2D eigenvalue weighted by atomic mass is 32.2. The summed E-state index contributed by atoms with van der Waals surface area (Å²) in [5.41, 5.74) is 2.73. The molecule has 2 aliphatic rings. The maximum absolute atomic E-state index is 12.0. The van der Waals surface area contributed by atoms with Gasteiger partial charge in [-0.1, -0.05) is 12.1 Å². The molecule has 2 aliphatic heterocycles. The Hall–Kier alpha value is -1.11. The second-order valence-electron chi connectivity index (χ2n) is 7.19. The summed E-state index contributed by atoms with van der Waals surface area (Å²) in [6.07, 6.45) is 1.00. The molecule has 2 saturated heterocycles. The summed E-state index contributed by atoms with van der Waals surface area (Å²) in [5.74, 6) is 0.213. The van der Waals surface area contributed by atoms with Crippen LogP contribution in [0.15, 0.2) is 24.3 Å². The topological polar surface area (TPSA) is 43.9 Å². The Morgan fingerprint density at radius 1 is 1.13 bits per heavy atom. The molecular weight excluding hydrogens is 310 g/mol. The first-order valence-corrected chi connectivity index (χ1v) is 9.91. The molecule has 1 spiro atoms. The summed E-state index contributed by atoms with van der Waals surface area (Å²) in [6.45, 7) is 6.11. The zero-order valence-corrected chi connectivity index (χ0v) is 15.1. The van der Waals surface area contributed by atoms with Crippen LogP contribution in [0.4, 0.5) is 5.69 Å². The molecule has 0 bridgehead atoms. The molecule has 2 fully saturated rings. The molecule has 0 unspecified atom stereocenters. The molecule has 23 heavy (non-hydrogen) atoms. The molecule has 0 radical (unpaired) electrons. The number of hydrogen-bond acceptors (Lipinski definition) is 4. The van der Waals surface area contributed by atoms with Gasteiger partial charge in [0.15, 0.2) is 0 Å². The van der Waals surface area contributed by atoms with Crippen LogP contribution in [-0.2, 0) is 16.6 Å². The monoisotopic (exact) mass is 337 g/mol. The second kappa shape index (κ2) is 6.07. The Morgan fingerprint density at radius 2 is 1.78 bits per heavy atom. The van der Waals surface area contributed by atoms with Crippen LogP contribution in [0.25, 0.3) is 0 Å². The fraction of sp³-hybridized carbons (Fsp3) is 0.647. The third kappa shape index (κ3) is 3.39. The van der Waals surface area contributed by atoms with E-state index in [1.165, 1.54) is 11.3 Å². The Bertz CT molecular complexity index is 649. The molecule has 0 aromatic heterocycles. The molecule has 3 rings (SSSR count). The van der Waals surface area contributed by atoms with Crippen LogP contribution >= 0.6 is 0 Å². The highest BCUT2D eigenvalue weighted by Crippen LogP contribution is 2.41. The molecule has 6 heteroatoms. The minimum atomic E-state index is -3.02. The van der Waals surface area contributed by atoms with Gasteiger partial charge in [-0.15, -0.1) is 0 Å². The van der Waals surface area contributed by atoms with Crippen molar-refractivity contribution in [3.63, 3.8) is 0 Å². The van der Waals surface area contributed by atoms with Gasteiger partial charge in [0.05, 0.1) is 5.75 Å². The van der Waals surface area contributed by atoms with Crippen molar-refractivity contribution in [3.8, 4) is 0 Å². The highest BCUT2D eigenvalue weighted by Gasteiger charge is 2.49. The Balaban J connectivity index is 1.53. The van der Waals surface area contributed by atoms with E-state index in [2.05, 4.69) is 34.1 Å². The van der Waals surface area contributed by atoms with Crippen LogP contribution in [0, 0.1) is 5.41 Å². The normalized spacial score (nSPS) is 21.5. The van der Waals surface area contributed by atoms with E-state index in [0.717, 1.165) is 26.1 Å². The summed E-state index contributed by atoms with van der Waals surface area (Å²) in [6, 6.07) is 8.66. The van der Waals surface area contributed by atoms with Crippen LogP contribution < -0.4 is 4.90 Å². The van der Waals surface area contributed by atoms with Crippen molar-refractivity contribution in [1.29, 1.82) is 0 Å². The number of hydrogen-bond donors (Lipinski definition) is 0. The van der Waals surface area contributed by atoms with Crippen LogP contribution in [0.1, 0.15) is 18.9 Å². The van der Waals surface area contributed by atoms with Crippen molar-refractivity contribution >= 4 is 15.7 Å². The smallest absolute Gasteiger partial charge is 0.213 e. The lowest BCUT2D eigenvalue weighted by atomic mass is 9.79. The maximum atomic E-state index is 12.0. The Morgan fingerprint density at radius 3 is 2.35 bits per heavy atom. The molecule has 0 saturated carbocycles. The van der Waals surface area contributed by atoms with Gasteiger partial charge in [0.2, 0.25) is 10.0 Å². The van der Waals surface area contributed by atoms with Gasteiger partial charge in [-0.3, -0.25) is 4.90 Å². The number of anilines is 1. The summed E-state index contributed by atoms with van der Waals surface area (Å²) in [5, 5.41) is 0. The van der Waals surface area contributed by atoms with Crippen molar-refractivity contribution in [2.24, 2.45) is 5.41 Å². The van der Waals surface area contributed by atoms with Crippen LogP contribution in [0.2, 0.25) is 0 Å². The molecule has 128 valence electrons. The molecule has 1 aromatic carbocycles. The van der Waals surface area contributed by atoms with E-state index in [1.54, 1.807) is 11.2 Å². The first-order valence-electron chi connectivity index (χ1n) is 8.30. The molecule has 1 aromatic rings. The van der Waals surface area contributed by atoms with Gasteiger partial charge < -0.3 is 4.90 Å². The van der Waals surface area contributed by atoms with Gasteiger partial charge in [0.25, 0.3) is 0 Å². The standard InChI is InChI=1S/C17H27N3O2S/c1-4-23(21,22)20-10-9-17(14-20)12-19(13-17)11-15-5-7-16(8-6-15)18(2)3/h5-8H,4,9-14H2,1-3H3. The molecule has 0 atom stereocenters. The van der Waals surface area contributed by atoms with Crippen molar-refractivity contribution < 1.29 is 8.42 Å². The zero-order valence-electron chi connectivity index (χ0n) is 14.3. The first-order chi connectivity index (χ1) is 10.8. The van der Waals surface area contributed by atoms with E-state index in [4.69, 9.17) is 0 Å². The summed E-state index contributed by atoms with van der Waals surface area (Å²) in [4.78, 5) is 4.52. The van der Waals surface area contributed by atoms with Crippen molar-refractivity contribution in [2.75, 3.05) is 50.9 Å². The van der Waals surface area contributed by atoms with E-state index in [0.29, 0.717) is 13.1 Å². The van der Waals surface area contributed by atoms with Crippen LogP contribution in [-0.4, -0.2) is 63.7 Å². The average molecular weight is 337 g/mol. The lowest BCUT2D eigenvalue weighted by molar-refractivity contribution is 0.00652. The fourth-order valence-corrected chi connectivity index (χ4v) is 4.95. The van der Waals surface area contributed by atoms with Gasteiger partial charge >= 0.3 is 0 Å². The zero-order chi connectivity index (χ0) is 16.7. The number of benzene rings is 1. The van der Waals surface area contributed by atoms with Crippen molar-refractivity contribution in [2.45, 2.75) is 19.9 Å². The third-order valence-electron chi connectivity index (χ3n) is 5.14. The predicted octanol–water partition coefficient (Wildman–Crippen LogP) is 1.61. The highest BCUT2D eigenvalue weighted by molar-refractivity contribution is 7.89. The summed E-state index contributed by atoms with van der Waals surface area (Å²) < 4.78 is 25.7.